The first-order chi connectivity index (χ1) is 23.9. The third kappa shape index (κ3) is 10.7. The molecular formula is C33H40ClFN6O9. The third-order valence-corrected chi connectivity index (χ3v) is 7.30. The fraction of sp³-hybridized carbons (Fsp3) is 0.455. The summed E-state index contributed by atoms with van der Waals surface area (Å²) in [5.41, 5.74) is 0.962. The molecule has 270 valence electrons. The van der Waals surface area contributed by atoms with Gasteiger partial charge in [0.1, 0.15) is 42.1 Å². The van der Waals surface area contributed by atoms with Crippen LogP contribution in [0.2, 0.25) is 5.02 Å². The number of benzene rings is 2. The zero-order valence-corrected chi connectivity index (χ0v) is 29.3. The lowest BCUT2D eigenvalue weighted by molar-refractivity contribution is -0.396. The summed E-state index contributed by atoms with van der Waals surface area (Å²) in [5, 5.41) is 11.9. The smallest absolute Gasteiger partial charge is 0.434 e. The molecule has 4 aromatic rings. The van der Waals surface area contributed by atoms with Gasteiger partial charge in [-0.15, -0.1) is 0 Å². The number of hydrogen-bond acceptors (Lipinski definition) is 13. The second-order valence-corrected chi connectivity index (χ2v) is 12.2. The van der Waals surface area contributed by atoms with Crippen molar-refractivity contribution in [1.82, 2.24) is 19.5 Å². The van der Waals surface area contributed by atoms with Crippen LogP contribution in [0, 0.1) is 15.9 Å². The van der Waals surface area contributed by atoms with Gasteiger partial charge in [-0.1, -0.05) is 16.6 Å². The number of anilines is 2. The second kappa shape index (κ2) is 17.8. The lowest BCUT2D eigenvalue weighted by Gasteiger charge is -2.25. The van der Waals surface area contributed by atoms with E-state index in [0.717, 1.165) is 0 Å². The summed E-state index contributed by atoms with van der Waals surface area (Å²) in [4.78, 5) is 37.1. The average molecular weight is 719 g/mol. The van der Waals surface area contributed by atoms with E-state index in [-0.39, 0.29) is 49.7 Å². The van der Waals surface area contributed by atoms with Crippen LogP contribution >= 0.6 is 11.6 Å². The van der Waals surface area contributed by atoms with Gasteiger partial charge < -0.3 is 43.4 Å². The van der Waals surface area contributed by atoms with Crippen LogP contribution in [0.1, 0.15) is 32.9 Å². The minimum Gasteiger partial charge on any atom is -0.493 e. The summed E-state index contributed by atoms with van der Waals surface area (Å²) in [5.74, 6) is -0.0218. The van der Waals surface area contributed by atoms with Crippen molar-refractivity contribution >= 4 is 45.9 Å². The summed E-state index contributed by atoms with van der Waals surface area (Å²) < 4.78 is 48.9. The monoisotopic (exact) mass is 718 g/mol. The maximum atomic E-state index is 14.2. The fourth-order valence-electron chi connectivity index (χ4n) is 4.69. The molecule has 0 fully saturated rings. The van der Waals surface area contributed by atoms with Crippen molar-refractivity contribution in [3.8, 4) is 11.5 Å². The molecule has 2 aromatic carbocycles. The predicted octanol–water partition coefficient (Wildman–Crippen LogP) is 5.57. The number of nitro groups is 1. The molecule has 15 nitrogen and oxygen atoms in total. The van der Waals surface area contributed by atoms with Gasteiger partial charge in [-0.2, -0.15) is 0 Å². The number of methoxy groups -OCH3 is 1. The molecule has 0 amide bonds. The largest absolute Gasteiger partial charge is 0.493 e. The lowest BCUT2D eigenvalue weighted by Crippen LogP contribution is -2.24. The van der Waals surface area contributed by atoms with Crippen LogP contribution in [0.25, 0.3) is 10.9 Å². The first kappa shape index (κ1) is 38.2. The quantitative estimate of drug-likeness (QED) is 0.0512. The number of aromatic nitrogens is 4. The number of hydrogen-bond donors (Lipinski definition) is 0. The van der Waals surface area contributed by atoms with Crippen LogP contribution in [-0.2, 0) is 37.3 Å². The maximum Gasteiger partial charge on any atom is 0.434 e. The summed E-state index contributed by atoms with van der Waals surface area (Å²) in [7, 11) is 3.04. The first-order valence-corrected chi connectivity index (χ1v) is 16.0. The average Bonchev–Trinajstić information content (AvgIpc) is 3.43. The molecule has 0 N–H and O–H groups in total. The van der Waals surface area contributed by atoms with Crippen molar-refractivity contribution in [2.24, 2.45) is 7.05 Å². The van der Waals surface area contributed by atoms with Crippen LogP contribution in [0.4, 0.5) is 21.8 Å². The third-order valence-electron chi connectivity index (χ3n) is 7.01. The molecule has 17 heteroatoms. The number of carbonyl (C=O) groups is 1. The molecule has 2 aromatic heterocycles. The maximum absolute atomic E-state index is 14.2. The second-order valence-electron chi connectivity index (χ2n) is 11.8. The van der Waals surface area contributed by atoms with Crippen molar-refractivity contribution in [2.45, 2.75) is 39.3 Å². The van der Waals surface area contributed by atoms with Gasteiger partial charge in [-0.05, 0) is 50.0 Å². The zero-order valence-electron chi connectivity index (χ0n) is 28.5. The molecule has 0 radical (unpaired) electrons. The standard InChI is InChI=1S/C33H40ClFN6O9/c1-33(2,3)50-30(42)8-9-46-10-11-47-12-13-48-14-15-49-29-17-24-27(18-28(29)45-5)37-21-38-31(24)40(22-6-7-26(35)25(34)16-22)20-23-19-36-32(39(23)4)41(43)44/h6-7,16-19,21H,8-15,20H2,1-5H3. The van der Waals surface area contributed by atoms with Crippen molar-refractivity contribution in [3.63, 3.8) is 0 Å². The van der Waals surface area contributed by atoms with E-state index in [4.69, 9.17) is 40.0 Å². The topological polar surface area (TPSA) is 162 Å². The SMILES string of the molecule is COc1cc2ncnc(N(Cc3cnc([N+](=O)[O-])n3C)c3ccc(F)c(Cl)c3)c2cc1OCCOCCOCCOCCC(=O)OC(C)(C)C. The molecule has 0 aliphatic carbocycles. The Labute approximate surface area is 293 Å². The van der Waals surface area contributed by atoms with Crippen LogP contribution in [0.3, 0.4) is 0 Å². The van der Waals surface area contributed by atoms with Crippen molar-refractivity contribution in [1.29, 1.82) is 0 Å². The van der Waals surface area contributed by atoms with Gasteiger partial charge in [0.15, 0.2) is 11.5 Å². The number of halogens is 2. The fourth-order valence-corrected chi connectivity index (χ4v) is 4.87. The Morgan fingerprint density at radius 3 is 2.28 bits per heavy atom. The van der Waals surface area contributed by atoms with E-state index < -0.39 is 16.3 Å². The number of fused-ring (bicyclic) bond motifs is 1. The zero-order chi connectivity index (χ0) is 36.3. The molecule has 0 unspecified atom stereocenters. The Hall–Kier alpha value is -4.64. The highest BCUT2D eigenvalue weighted by Crippen LogP contribution is 2.38. The summed E-state index contributed by atoms with van der Waals surface area (Å²) >= 11 is 6.15. The Kier molecular flexibility index (Phi) is 13.6. The molecule has 0 saturated carbocycles. The normalized spacial score (nSPS) is 11.5. The van der Waals surface area contributed by atoms with E-state index in [1.54, 1.807) is 17.0 Å². The molecular weight excluding hydrogens is 679 g/mol. The number of imidazole rings is 1. The van der Waals surface area contributed by atoms with Gasteiger partial charge >= 0.3 is 11.9 Å². The van der Waals surface area contributed by atoms with Crippen LogP contribution < -0.4 is 14.4 Å². The van der Waals surface area contributed by atoms with Gasteiger partial charge in [-0.25, -0.2) is 18.9 Å². The van der Waals surface area contributed by atoms with Crippen molar-refractivity contribution < 1.29 is 42.5 Å². The number of esters is 1. The van der Waals surface area contributed by atoms with Crippen LogP contribution in [-0.4, -0.2) is 89.4 Å². The van der Waals surface area contributed by atoms with Gasteiger partial charge in [0.25, 0.3) is 0 Å². The molecule has 50 heavy (non-hydrogen) atoms. The number of ether oxygens (including phenoxy) is 6. The van der Waals surface area contributed by atoms with Crippen LogP contribution in [0.15, 0.2) is 42.9 Å². The molecule has 4 rings (SSSR count). The molecule has 0 saturated heterocycles. The highest BCUT2D eigenvalue weighted by Gasteiger charge is 2.24. The van der Waals surface area contributed by atoms with Gasteiger partial charge in [0.05, 0.1) is 77.3 Å². The first-order valence-electron chi connectivity index (χ1n) is 15.7. The summed E-state index contributed by atoms with van der Waals surface area (Å²) in [6.07, 6.45) is 2.94. The molecule has 2 heterocycles. The Balaban J connectivity index is 1.38. The Morgan fingerprint density at radius 1 is 0.980 bits per heavy atom. The van der Waals surface area contributed by atoms with Gasteiger partial charge in [-0.3, -0.25) is 4.79 Å². The van der Waals surface area contributed by atoms with E-state index >= 15 is 0 Å². The highest BCUT2D eigenvalue weighted by atomic mass is 35.5. The predicted molar refractivity (Wildman–Crippen MR) is 182 cm³/mol. The van der Waals surface area contributed by atoms with E-state index in [2.05, 4.69) is 15.0 Å². The van der Waals surface area contributed by atoms with E-state index in [9.17, 15) is 19.3 Å². The van der Waals surface area contributed by atoms with Crippen molar-refractivity contribution in [2.75, 3.05) is 58.3 Å². The minimum atomic E-state index is -0.602. The molecule has 0 aliphatic heterocycles. The minimum absolute atomic E-state index is 0.0712. The number of rotatable bonds is 19. The lowest BCUT2D eigenvalue weighted by atomic mass is 10.1. The van der Waals surface area contributed by atoms with Gasteiger partial charge in [0, 0.05) is 17.1 Å². The number of carbonyl (C=O) groups excluding carboxylic acids is 1. The van der Waals surface area contributed by atoms with Crippen molar-refractivity contribution in [3.05, 3.63) is 69.5 Å². The van der Waals surface area contributed by atoms with E-state index in [1.165, 1.54) is 49.4 Å². The molecule has 0 bridgehead atoms. The summed E-state index contributed by atoms with van der Waals surface area (Å²) in [6, 6.07) is 7.62. The molecule has 0 spiro atoms. The van der Waals surface area contributed by atoms with E-state index in [1.807, 2.05) is 20.8 Å². The number of nitrogens with zero attached hydrogens (tertiary/aromatic N) is 6. The molecule has 0 atom stereocenters. The van der Waals surface area contributed by atoms with E-state index in [0.29, 0.717) is 66.0 Å². The van der Waals surface area contributed by atoms with Crippen LogP contribution in [0.5, 0.6) is 11.5 Å². The highest BCUT2D eigenvalue weighted by molar-refractivity contribution is 6.31. The Bertz CT molecular complexity index is 1770. The Morgan fingerprint density at radius 2 is 1.66 bits per heavy atom. The summed E-state index contributed by atoms with van der Waals surface area (Å²) in [6.45, 7) is 7.58. The molecule has 0 aliphatic rings. The van der Waals surface area contributed by atoms with Gasteiger partial charge in [0.2, 0.25) is 0 Å².